The van der Waals surface area contributed by atoms with Gasteiger partial charge in [0.1, 0.15) is 0 Å². The van der Waals surface area contributed by atoms with Crippen LogP contribution in [0, 0.1) is 6.92 Å². The number of hydrogen-bond donors (Lipinski definition) is 2. The fourth-order valence-electron chi connectivity index (χ4n) is 3.50. The van der Waals surface area contributed by atoms with Crippen LogP contribution in [0.15, 0.2) is 77.3 Å². The summed E-state index contributed by atoms with van der Waals surface area (Å²) in [6.07, 6.45) is 0. The molecule has 0 aliphatic carbocycles. The molecule has 0 saturated heterocycles. The largest absolute Gasteiger partial charge is 0.353 e. The lowest BCUT2D eigenvalue weighted by molar-refractivity contribution is 0.103. The van der Waals surface area contributed by atoms with Gasteiger partial charge in [0.2, 0.25) is 11.7 Å². The number of anilines is 1. The monoisotopic (exact) mass is 484 g/mol. The SMILES string of the molecule is Cc1ccc(-c2noc(CNC(=S)Nc3cccc(C(=O)c4ccc(C(C)(C)C)cc4)c3)n2)cc1. The van der Waals surface area contributed by atoms with Crippen molar-refractivity contribution in [3.63, 3.8) is 0 Å². The number of carbonyl (C=O) groups excluding carboxylic acids is 1. The van der Waals surface area contributed by atoms with Crippen LogP contribution in [0.4, 0.5) is 5.69 Å². The number of aryl methyl sites for hydroxylation is 1. The van der Waals surface area contributed by atoms with E-state index < -0.39 is 0 Å². The molecule has 3 aromatic carbocycles. The summed E-state index contributed by atoms with van der Waals surface area (Å²) in [4.78, 5) is 17.4. The smallest absolute Gasteiger partial charge is 0.246 e. The molecule has 178 valence electrons. The average Bonchev–Trinajstić information content (AvgIpc) is 3.31. The highest BCUT2D eigenvalue weighted by Gasteiger charge is 2.15. The number of nitrogens with zero attached hydrogens (tertiary/aromatic N) is 2. The summed E-state index contributed by atoms with van der Waals surface area (Å²) in [6.45, 7) is 8.76. The van der Waals surface area contributed by atoms with Gasteiger partial charge in [-0.05, 0) is 42.3 Å². The molecular weight excluding hydrogens is 456 g/mol. The molecular formula is C28H28N4O2S. The summed E-state index contributed by atoms with van der Waals surface area (Å²) in [5.41, 5.74) is 5.23. The second-order valence-corrected chi connectivity index (χ2v) is 9.83. The standard InChI is InChI=1S/C28H28N4O2S/c1-18-8-10-20(11-9-18)26-31-24(34-32-26)17-29-27(35)30-23-7-5-6-21(16-23)25(33)19-12-14-22(15-13-19)28(2,3)4/h5-16H,17H2,1-4H3,(H2,29,30,35). The predicted molar refractivity (Wildman–Crippen MR) is 143 cm³/mol. The van der Waals surface area contributed by atoms with E-state index in [1.54, 1.807) is 12.1 Å². The van der Waals surface area contributed by atoms with E-state index in [1.807, 2.05) is 67.6 Å². The fraction of sp³-hybridized carbons (Fsp3) is 0.214. The summed E-state index contributed by atoms with van der Waals surface area (Å²) in [6, 6.07) is 23.0. The van der Waals surface area contributed by atoms with E-state index in [2.05, 4.69) is 41.5 Å². The van der Waals surface area contributed by atoms with Gasteiger partial charge in [0.25, 0.3) is 0 Å². The molecule has 0 saturated carbocycles. The van der Waals surface area contributed by atoms with Crippen molar-refractivity contribution in [2.75, 3.05) is 5.32 Å². The number of hydrogen-bond acceptors (Lipinski definition) is 5. The summed E-state index contributed by atoms with van der Waals surface area (Å²) >= 11 is 5.40. The third-order valence-electron chi connectivity index (χ3n) is 5.57. The highest BCUT2D eigenvalue weighted by Crippen LogP contribution is 2.23. The van der Waals surface area contributed by atoms with Gasteiger partial charge in [-0.2, -0.15) is 4.98 Å². The van der Waals surface area contributed by atoms with Crippen LogP contribution in [-0.2, 0) is 12.0 Å². The first-order chi connectivity index (χ1) is 16.7. The maximum atomic E-state index is 13.0. The van der Waals surface area contributed by atoms with Gasteiger partial charge in [0.15, 0.2) is 10.9 Å². The number of rotatable bonds is 6. The highest BCUT2D eigenvalue weighted by atomic mass is 32.1. The maximum Gasteiger partial charge on any atom is 0.246 e. The molecule has 1 heterocycles. The Labute approximate surface area is 210 Å². The quantitative estimate of drug-likeness (QED) is 0.254. The van der Waals surface area contributed by atoms with Crippen molar-refractivity contribution in [3.05, 3.63) is 101 Å². The van der Waals surface area contributed by atoms with Gasteiger partial charge in [-0.15, -0.1) is 0 Å². The molecule has 0 amide bonds. The second-order valence-electron chi connectivity index (χ2n) is 9.42. The molecule has 4 aromatic rings. The van der Waals surface area contributed by atoms with Crippen LogP contribution in [0.1, 0.15) is 53.7 Å². The molecule has 6 nitrogen and oxygen atoms in total. The van der Waals surface area contributed by atoms with Crippen LogP contribution in [0.25, 0.3) is 11.4 Å². The maximum absolute atomic E-state index is 13.0. The topological polar surface area (TPSA) is 80.0 Å². The van der Waals surface area contributed by atoms with Gasteiger partial charge in [-0.1, -0.05) is 92.2 Å². The Bertz CT molecular complexity index is 1340. The molecule has 0 atom stereocenters. The molecule has 0 aliphatic heterocycles. The zero-order valence-corrected chi connectivity index (χ0v) is 21.1. The molecule has 7 heteroatoms. The minimum atomic E-state index is -0.0394. The van der Waals surface area contributed by atoms with Crippen LogP contribution in [0.3, 0.4) is 0 Å². The summed E-state index contributed by atoms with van der Waals surface area (Å²) in [5, 5.41) is 10.6. The van der Waals surface area contributed by atoms with Crippen LogP contribution in [-0.4, -0.2) is 21.0 Å². The molecule has 4 rings (SSSR count). The van der Waals surface area contributed by atoms with Crippen molar-refractivity contribution in [2.45, 2.75) is 39.7 Å². The molecule has 0 radical (unpaired) electrons. The molecule has 0 spiro atoms. The molecule has 35 heavy (non-hydrogen) atoms. The van der Waals surface area contributed by atoms with E-state index in [9.17, 15) is 4.79 Å². The fourth-order valence-corrected chi connectivity index (χ4v) is 3.69. The summed E-state index contributed by atoms with van der Waals surface area (Å²) in [7, 11) is 0. The molecule has 1 aromatic heterocycles. The Morgan fingerprint density at radius 3 is 2.37 bits per heavy atom. The Balaban J connectivity index is 1.36. The van der Waals surface area contributed by atoms with Crippen LogP contribution >= 0.6 is 12.2 Å². The number of ketones is 1. The number of thiocarbonyl (C=S) groups is 1. The van der Waals surface area contributed by atoms with Gasteiger partial charge in [0, 0.05) is 22.4 Å². The Morgan fingerprint density at radius 1 is 0.971 bits per heavy atom. The average molecular weight is 485 g/mol. The van der Waals surface area contributed by atoms with E-state index in [-0.39, 0.29) is 17.7 Å². The first-order valence-electron chi connectivity index (χ1n) is 11.4. The third kappa shape index (κ3) is 6.19. The van der Waals surface area contributed by atoms with Crippen molar-refractivity contribution < 1.29 is 9.32 Å². The number of carbonyl (C=O) groups is 1. The van der Waals surface area contributed by atoms with Crippen molar-refractivity contribution in [1.82, 2.24) is 15.5 Å². The van der Waals surface area contributed by atoms with Gasteiger partial charge in [-0.25, -0.2) is 0 Å². The van der Waals surface area contributed by atoms with E-state index >= 15 is 0 Å². The van der Waals surface area contributed by atoms with Crippen molar-refractivity contribution in [2.24, 2.45) is 0 Å². The summed E-state index contributed by atoms with van der Waals surface area (Å²) < 4.78 is 5.32. The van der Waals surface area contributed by atoms with E-state index in [4.69, 9.17) is 16.7 Å². The van der Waals surface area contributed by atoms with E-state index in [0.29, 0.717) is 33.6 Å². The lowest BCUT2D eigenvalue weighted by atomic mass is 9.86. The molecule has 0 fully saturated rings. The normalized spacial score (nSPS) is 11.2. The number of benzene rings is 3. The van der Waals surface area contributed by atoms with E-state index in [1.165, 1.54) is 11.1 Å². The summed E-state index contributed by atoms with van der Waals surface area (Å²) in [5.74, 6) is 0.914. The Hall–Kier alpha value is -3.84. The van der Waals surface area contributed by atoms with Gasteiger partial charge in [-0.3, -0.25) is 4.79 Å². The van der Waals surface area contributed by atoms with Crippen molar-refractivity contribution >= 4 is 28.8 Å². The molecule has 0 unspecified atom stereocenters. The zero-order valence-electron chi connectivity index (χ0n) is 20.3. The Morgan fingerprint density at radius 2 is 1.69 bits per heavy atom. The third-order valence-corrected chi connectivity index (χ3v) is 5.82. The minimum Gasteiger partial charge on any atom is -0.353 e. The minimum absolute atomic E-state index is 0.0393. The van der Waals surface area contributed by atoms with E-state index in [0.717, 1.165) is 5.56 Å². The predicted octanol–water partition coefficient (Wildman–Crippen LogP) is 6.06. The van der Waals surface area contributed by atoms with Gasteiger partial charge in [0.05, 0.1) is 6.54 Å². The van der Waals surface area contributed by atoms with Crippen LogP contribution in [0.2, 0.25) is 0 Å². The molecule has 0 aliphatic rings. The number of nitrogens with one attached hydrogen (secondary N) is 2. The molecule has 2 N–H and O–H groups in total. The first-order valence-corrected chi connectivity index (χ1v) is 11.8. The second kappa shape index (κ2) is 10.2. The number of aromatic nitrogens is 2. The van der Waals surface area contributed by atoms with Crippen LogP contribution < -0.4 is 10.6 Å². The molecule has 0 bridgehead atoms. The first kappa shape index (κ1) is 24.3. The van der Waals surface area contributed by atoms with Crippen molar-refractivity contribution in [1.29, 1.82) is 0 Å². The Kier molecular flexibility index (Phi) is 7.07. The highest BCUT2D eigenvalue weighted by molar-refractivity contribution is 7.80. The zero-order chi connectivity index (χ0) is 25.0. The van der Waals surface area contributed by atoms with Crippen molar-refractivity contribution in [3.8, 4) is 11.4 Å². The van der Waals surface area contributed by atoms with Crippen LogP contribution in [0.5, 0.6) is 0 Å². The van der Waals surface area contributed by atoms with Gasteiger partial charge < -0.3 is 15.2 Å². The lowest BCUT2D eigenvalue weighted by Gasteiger charge is -2.19. The van der Waals surface area contributed by atoms with Gasteiger partial charge >= 0.3 is 0 Å². The lowest BCUT2D eigenvalue weighted by Crippen LogP contribution is -2.28.